The number of hydrogen-bond donors (Lipinski definition) is 2. The zero-order chi connectivity index (χ0) is 25.9. The van der Waals surface area contributed by atoms with E-state index in [4.69, 9.17) is 14.0 Å². The largest absolute Gasteiger partial charge is 0.495 e. The number of aromatic amines is 1. The number of carbonyl (C=O) groups is 2. The highest BCUT2D eigenvalue weighted by Gasteiger charge is 2.52. The Labute approximate surface area is 204 Å². The van der Waals surface area contributed by atoms with Crippen LogP contribution in [-0.4, -0.2) is 64.1 Å². The fourth-order valence-corrected chi connectivity index (χ4v) is 4.22. The summed E-state index contributed by atoms with van der Waals surface area (Å²) in [4.78, 5) is 28.5. The maximum absolute atomic E-state index is 15.8. The standard InChI is InChI=1S/C25H32BFN2O6/c1-23(2,3)33-22(32)29-10-8-9-14(13-29)15-11-17(26-34-24(4,5)25(6,7)35-26)16-12-18(21(30)31)28-20(16)19(15)27/h9,11-12,28H,8,10,13H2,1-7H3,(H,30,31). The summed E-state index contributed by atoms with van der Waals surface area (Å²) in [5, 5.41) is 9.90. The fourth-order valence-electron chi connectivity index (χ4n) is 4.22. The van der Waals surface area contributed by atoms with E-state index >= 15 is 4.39 Å². The lowest BCUT2D eigenvalue weighted by molar-refractivity contribution is 0.00578. The molecule has 0 unspecified atom stereocenters. The minimum Gasteiger partial charge on any atom is -0.477 e. The Kier molecular flexibility index (Phi) is 6.04. The summed E-state index contributed by atoms with van der Waals surface area (Å²) in [6.45, 7) is 13.6. The van der Waals surface area contributed by atoms with E-state index in [2.05, 4.69) is 4.98 Å². The van der Waals surface area contributed by atoms with Crippen molar-refractivity contribution in [2.75, 3.05) is 13.1 Å². The van der Waals surface area contributed by atoms with Crippen LogP contribution in [0.3, 0.4) is 0 Å². The molecule has 2 aliphatic heterocycles. The van der Waals surface area contributed by atoms with Crippen LogP contribution < -0.4 is 5.46 Å². The number of fused-ring (bicyclic) bond motifs is 1. The van der Waals surface area contributed by atoms with Gasteiger partial charge in [-0.3, -0.25) is 0 Å². The van der Waals surface area contributed by atoms with E-state index in [-0.39, 0.29) is 23.3 Å². The molecule has 2 aromatic rings. The number of hydrogen-bond acceptors (Lipinski definition) is 5. The highest BCUT2D eigenvalue weighted by atomic mass is 19.1. The molecular formula is C25H32BFN2O6. The van der Waals surface area contributed by atoms with E-state index in [1.54, 1.807) is 26.8 Å². The minimum absolute atomic E-state index is 0.0555. The predicted molar refractivity (Wildman–Crippen MR) is 131 cm³/mol. The van der Waals surface area contributed by atoms with E-state index in [9.17, 15) is 14.7 Å². The second-order valence-corrected chi connectivity index (χ2v) is 11.1. The molecule has 1 aromatic carbocycles. The SMILES string of the molecule is CC(C)(C)OC(=O)N1CCC=C(c2cc(B3OC(C)(C)C(C)(C)O3)c3cc(C(=O)O)[nH]c3c2F)C1. The van der Waals surface area contributed by atoms with Crippen LogP contribution in [0.15, 0.2) is 18.2 Å². The smallest absolute Gasteiger partial charge is 0.477 e. The third-order valence-electron chi connectivity index (χ3n) is 6.77. The number of halogens is 1. The van der Waals surface area contributed by atoms with Gasteiger partial charge in [0.15, 0.2) is 5.82 Å². The molecule has 1 saturated heterocycles. The number of carboxylic acid groups (broad SMARTS) is 1. The Morgan fingerprint density at radius 1 is 1.17 bits per heavy atom. The average Bonchev–Trinajstić information content (AvgIpc) is 3.26. The van der Waals surface area contributed by atoms with Crippen LogP contribution in [0, 0.1) is 5.82 Å². The zero-order valence-corrected chi connectivity index (χ0v) is 21.2. The van der Waals surface area contributed by atoms with Gasteiger partial charge in [-0.05, 0) is 72.0 Å². The summed E-state index contributed by atoms with van der Waals surface area (Å²) in [6, 6.07) is 3.04. The number of nitrogens with zero attached hydrogens (tertiary/aromatic N) is 1. The topological polar surface area (TPSA) is 101 Å². The monoisotopic (exact) mass is 486 g/mol. The molecule has 2 N–H and O–H groups in total. The maximum atomic E-state index is 15.8. The van der Waals surface area contributed by atoms with Crippen molar-refractivity contribution in [1.82, 2.24) is 9.88 Å². The van der Waals surface area contributed by atoms with Crippen molar-refractivity contribution in [1.29, 1.82) is 0 Å². The number of aromatic nitrogens is 1. The van der Waals surface area contributed by atoms with Crippen LogP contribution in [0.5, 0.6) is 0 Å². The molecule has 0 atom stereocenters. The van der Waals surface area contributed by atoms with Gasteiger partial charge in [0.25, 0.3) is 0 Å². The molecule has 0 saturated carbocycles. The molecular weight excluding hydrogens is 454 g/mol. The summed E-state index contributed by atoms with van der Waals surface area (Å²) in [5.74, 6) is -1.79. The van der Waals surface area contributed by atoms with Crippen LogP contribution in [0.2, 0.25) is 0 Å². The highest BCUT2D eigenvalue weighted by Crippen LogP contribution is 2.38. The number of rotatable bonds is 3. The summed E-state index contributed by atoms with van der Waals surface area (Å²) in [7, 11) is -0.828. The highest BCUT2D eigenvalue weighted by molar-refractivity contribution is 6.65. The molecule has 1 amide bonds. The molecule has 4 rings (SSSR count). The Hall–Kier alpha value is -2.85. The fraction of sp³-hybridized carbons (Fsp3) is 0.520. The number of carbonyl (C=O) groups excluding carboxylic acids is 1. The van der Waals surface area contributed by atoms with Crippen molar-refractivity contribution in [3.05, 3.63) is 35.3 Å². The van der Waals surface area contributed by atoms with Crippen LogP contribution >= 0.6 is 0 Å². The molecule has 10 heteroatoms. The lowest BCUT2D eigenvalue weighted by atomic mass is 9.75. The molecule has 188 valence electrons. The van der Waals surface area contributed by atoms with E-state index < -0.39 is 41.8 Å². The molecule has 1 aromatic heterocycles. The molecule has 0 aliphatic carbocycles. The average molecular weight is 486 g/mol. The van der Waals surface area contributed by atoms with Crippen LogP contribution in [0.25, 0.3) is 16.5 Å². The van der Waals surface area contributed by atoms with Crippen LogP contribution in [0.1, 0.15) is 70.9 Å². The van der Waals surface area contributed by atoms with Crippen LogP contribution in [0.4, 0.5) is 9.18 Å². The predicted octanol–water partition coefficient (Wildman–Crippen LogP) is 4.33. The molecule has 0 spiro atoms. The van der Waals surface area contributed by atoms with Gasteiger partial charge in [0.1, 0.15) is 11.3 Å². The lowest BCUT2D eigenvalue weighted by Gasteiger charge is -2.32. The van der Waals surface area contributed by atoms with Crippen molar-refractivity contribution in [2.45, 2.75) is 71.7 Å². The van der Waals surface area contributed by atoms with E-state index in [1.807, 2.05) is 33.8 Å². The Morgan fingerprint density at radius 3 is 2.37 bits per heavy atom. The summed E-state index contributed by atoms with van der Waals surface area (Å²) in [5.41, 5.74) is -0.621. The second kappa shape index (κ2) is 8.38. The van der Waals surface area contributed by atoms with Gasteiger partial charge in [-0.2, -0.15) is 0 Å². The number of aromatic carboxylic acids is 1. The Morgan fingerprint density at radius 2 is 1.80 bits per heavy atom. The lowest BCUT2D eigenvalue weighted by Crippen LogP contribution is -2.41. The van der Waals surface area contributed by atoms with Crippen molar-refractivity contribution in [3.8, 4) is 0 Å². The summed E-state index contributed by atoms with van der Waals surface area (Å²) in [6.07, 6.45) is 1.95. The third kappa shape index (κ3) is 4.69. The number of ether oxygens (including phenoxy) is 1. The quantitative estimate of drug-likeness (QED) is 0.627. The van der Waals surface area contributed by atoms with Gasteiger partial charge >= 0.3 is 19.2 Å². The van der Waals surface area contributed by atoms with Gasteiger partial charge in [-0.1, -0.05) is 12.1 Å². The first-order chi connectivity index (χ1) is 16.1. The number of nitrogens with one attached hydrogen (secondary N) is 1. The van der Waals surface area contributed by atoms with Crippen molar-refractivity contribution < 1.29 is 33.1 Å². The first-order valence-electron chi connectivity index (χ1n) is 11.7. The molecule has 1 fully saturated rings. The Balaban J connectivity index is 1.79. The van der Waals surface area contributed by atoms with Crippen molar-refractivity contribution in [2.24, 2.45) is 0 Å². The van der Waals surface area contributed by atoms with Crippen molar-refractivity contribution in [3.63, 3.8) is 0 Å². The first-order valence-corrected chi connectivity index (χ1v) is 11.7. The molecule has 35 heavy (non-hydrogen) atoms. The summed E-state index contributed by atoms with van der Waals surface area (Å²) < 4.78 is 33.7. The van der Waals surface area contributed by atoms with Gasteiger partial charge in [0.05, 0.1) is 16.7 Å². The van der Waals surface area contributed by atoms with Gasteiger partial charge in [0.2, 0.25) is 0 Å². The number of amides is 1. The van der Waals surface area contributed by atoms with E-state index in [0.717, 1.165) is 0 Å². The van der Waals surface area contributed by atoms with Gasteiger partial charge in [0, 0.05) is 24.0 Å². The van der Waals surface area contributed by atoms with E-state index in [0.29, 0.717) is 29.4 Å². The third-order valence-corrected chi connectivity index (χ3v) is 6.77. The van der Waals surface area contributed by atoms with Crippen molar-refractivity contribution >= 4 is 41.1 Å². The minimum atomic E-state index is -1.20. The van der Waals surface area contributed by atoms with Crippen LogP contribution in [-0.2, 0) is 14.0 Å². The maximum Gasteiger partial charge on any atom is 0.495 e. The first kappa shape index (κ1) is 25.3. The second-order valence-electron chi connectivity index (χ2n) is 11.1. The van der Waals surface area contributed by atoms with E-state index in [1.165, 1.54) is 11.0 Å². The molecule has 2 aliphatic rings. The van der Waals surface area contributed by atoms with Gasteiger partial charge < -0.3 is 29.0 Å². The number of H-pyrrole nitrogens is 1. The zero-order valence-electron chi connectivity index (χ0n) is 21.2. The molecule has 0 radical (unpaired) electrons. The number of carboxylic acids is 1. The summed E-state index contributed by atoms with van der Waals surface area (Å²) >= 11 is 0. The normalized spacial score (nSPS) is 19.7. The Bertz CT molecular complexity index is 1210. The molecule has 0 bridgehead atoms. The van der Waals surface area contributed by atoms with Gasteiger partial charge in [-0.15, -0.1) is 0 Å². The molecule has 8 nitrogen and oxygen atoms in total. The number of benzene rings is 1. The molecule has 3 heterocycles. The van der Waals surface area contributed by atoms with Gasteiger partial charge in [-0.25, -0.2) is 14.0 Å².